The molecule has 2 heterocycles. The second-order valence-electron chi connectivity index (χ2n) is 7.82. The number of hydrogen-bond donors (Lipinski definition) is 1. The normalized spacial score (nSPS) is 10.8. The molecule has 184 valence electrons. The van der Waals surface area contributed by atoms with Crippen LogP contribution in [0.5, 0.6) is 28.7 Å². The Bertz CT molecular complexity index is 1310. The molecule has 4 rings (SSSR count). The zero-order valence-corrected chi connectivity index (χ0v) is 20.8. The quantitative estimate of drug-likeness (QED) is 0.360. The molecule has 0 bridgehead atoms. The van der Waals surface area contributed by atoms with E-state index in [0.717, 1.165) is 51.7 Å². The molecule has 0 atom stereocenters. The molecule has 0 amide bonds. The number of imidazole rings is 1. The predicted octanol–water partition coefficient (Wildman–Crippen LogP) is 4.33. The number of rotatable bonds is 10. The van der Waals surface area contributed by atoms with Gasteiger partial charge in [0.15, 0.2) is 11.5 Å². The molecule has 1 N–H and O–H groups in total. The third-order valence-electron chi connectivity index (χ3n) is 5.89. The van der Waals surface area contributed by atoms with Crippen molar-refractivity contribution in [3.05, 3.63) is 48.2 Å². The molecule has 0 saturated heterocycles. The predicted molar refractivity (Wildman–Crippen MR) is 135 cm³/mol. The highest BCUT2D eigenvalue weighted by atomic mass is 16.5. The Hall–Kier alpha value is -4.14. The van der Waals surface area contributed by atoms with Crippen LogP contribution in [0.4, 0.5) is 5.95 Å². The maximum absolute atomic E-state index is 5.49. The van der Waals surface area contributed by atoms with Crippen molar-refractivity contribution < 1.29 is 23.7 Å². The highest BCUT2D eigenvalue weighted by Crippen LogP contribution is 2.41. The topological polar surface area (TPSA) is 88.9 Å². The number of fused-ring (bicyclic) bond motifs is 1. The standard InChI is InChI=1S/C26H30N4O5/c1-30-21-14-19(17-12-23(33-4)25(35-6)24(13-17)34-5)28-15-20(21)29-26(30)27-10-9-16-11-18(31-2)7-8-22(16)32-3/h7-8,11-15H,9-10H2,1-6H3,(H,27,29). The average molecular weight is 479 g/mol. The van der Waals surface area contributed by atoms with E-state index >= 15 is 0 Å². The summed E-state index contributed by atoms with van der Waals surface area (Å²) in [5.41, 5.74) is 4.43. The molecule has 0 radical (unpaired) electrons. The van der Waals surface area contributed by atoms with Gasteiger partial charge in [-0.3, -0.25) is 4.98 Å². The molecule has 0 unspecified atom stereocenters. The van der Waals surface area contributed by atoms with Gasteiger partial charge in [-0.1, -0.05) is 0 Å². The van der Waals surface area contributed by atoms with Crippen molar-refractivity contribution in [2.45, 2.75) is 6.42 Å². The minimum Gasteiger partial charge on any atom is -0.497 e. The number of anilines is 1. The molecule has 0 spiro atoms. The number of ether oxygens (including phenoxy) is 5. The van der Waals surface area contributed by atoms with Crippen LogP contribution in [-0.4, -0.2) is 56.6 Å². The van der Waals surface area contributed by atoms with Gasteiger partial charge in [-0.05, 0) is 48.4 Å². The number of benzene rings is 2. The summed E-state index contributed by atoms with van der Waals surface area (Å²) in [7, 11) is 10.1. The van der Waals surface area contributed by atoms with Crippen molar-refractivity contribution in [2.75, 3.05) is 47.4 Å². The third kappa shape index (κ3) is 4.75. The summed E-state index contributed by atoms with van der Waals surface area (Å²) in [4.78, 5) is 9.33. The van der Waals surface area contributed by atoms with Crippen LogP contribution in [0.1, 0.15) is 5.56 Å². The average Bonchev–Trinajstić information content (AvgIpc) is 3.22. The maximum Gasteiger partial charge on any atom is 0.203 e. The van der Waals surface area contributed by atoms with Gasteiger partial charge in [-0.2, -0.15) is 0 Å². The van der Waals surface area contributed by atoms with E-state index < -0.39 is 0 Å². The van der Waals surface area contributed by atoms with Crippen LogP contribution in [0.2, 0.25) is 0 Å². The summed E-state index contributed by atoms with van der Waals surface area (Å²) in [6.07, 6.45) is 2.52. The highest BCUT2D eigenvalue weighted by Gasteiger charge is 2.16. The molecule has 0 fully saturated rings. The van der Waals surface area contributed by atoms with Crippen LogP contribution < -0.4 is 29.0 Å². The van der Waals surface area contributed by atoms with E-state index in [0.29, 0.717) is 23.8 Å². The van der Waals surface area contributed by atoms with Crippen LogP contribution in [0, 0.1) is 0 Å². The summed E-state index contributed by atoms with van der Waals surface area (Å²) in [5, 5.41) is 3.42. The largest absolute Gasteiger partial charge is 0.497 e. The van der Waals surface area contributed by atoms with Crippen molar-refractivity contribution >= 4 is 17.0 Å². The van der Waals surface area contributed by atoms with Crippen LogP contribution in [0.25, 0.3) is 22.3 Å². The van der Waals surface area contributed by atoms with Gasteiger partial charge in [0, 0.05) is 19.2 Å². The summed E-state index contributed by atoms with van der Waals surface area (Å²) < 4.78 is 29.3. The lowest BCUT2D eigenvalue weighted by Crippen LogP contribution is -2.09. The van der Waals surface area contributed by atoms with Gasteiger partial charge in [0.1, 0.15) is 17.0 Å². The van der Waals surface area contributed by atoms with Gasteiger partial charge in [0.05, 0.1) is 53.0 Å². The third-order valence-corrected chi connectivity index (χ3v) is 5.89. The number of nitrogens with zero attached hydrogens (tertiary/aromatic N) is 3. The fourth-order valence-corrected chi connectivity index (χ4v) is 4.03. The lowest BCUT2D eigenvalue weighted by Gasteiger charge is -2.14. The Morgan fingerprint density at radius 2 is 1.54 bits per heavy atom. The van der Waals surface area contributed by atoms with Gasteiger partial charge < -0.3 is 33.6 Å². The van der Waals surface area contributed by atoms with Crippen molar-refractivity contribution in [1.82, 2.24) is 14.5 Å². The van der Waals surface area contributed by atoms with Crippen LogP contribution in [-0.2, 0) is 13.5 Å². The Kier molecular flexibility index (Phi) is 7.14. The first-order valence-electron chi connectivity index (χ1n) is 11.1. The first-order valence-corrected chi connectivity index (χ1v) is 11.1. The zero-order valence-electron chi connectivity index (χ0n) is 20.8. The van der Waals surface area contributed by atoms with Crippen LogP contribution >= 0.6 is 0 Å². The second kappa shape index (κ2) is 10.4. The van der Waals surface area contributed by atoms with Crippen LogP contribution in [0.15, 0.2) is 42.6 Å². The molecule has 9 nitrogen and oxygen atoms in total. The van der Waals surface area contributed by atoms with Crippen molar-refractivity contribution in [2.24, 2.45) is 7.05 Å². The number of methoxy groups -OCH3 is 5. The Labute approximate surface area is 204 Å². The highest BCUT2D eigenvalue weighted by molar-refractivity contribution is 5.82. The first-order chi connectivity index (χ1) is 17.0. The summed E-state index contributed by atoms with van der Waals surface area (Å²) in [6, 6.07) is 11.6. The monoisotopic (exact) mass is 478 g/mol. The van der Waals surface area contributed by atoms with E-state index in [9.17, 15) is 0 Å². The van der Waals surface area contributed by atoms with Gasteiger partial charge >= 0.3 is 0 Å². The Morgan fingerprint density at radius 3 is 2.17 bits per heavy atom. The fourth-order valence-electron chi connectivity index (χ4n) is 4.03. The number of nitrogens with one attached hydrogen (secondary N) is 1. The fraction of sp³-hybridized carbons (Fsp3) is 0.308. The Balaban J connectivity index is 1.58. The molecular weight excluding hydrogens is 448 g/mol. The molecule has 2 aromatic heterocycles. The molecule has 0 aliphatic heterocycles. The second-order valence-corrected chi connectivity index (χ2v) is 7.82. The number of pyridine rings is 1. The molecule has 0 aliphatic carbocycles. The first kappa shape index (κ1) is 24.0. The van der Waals surface area contributed by atoms with E-state index in [1.54, 1.807) is 41.7 Å². The minimum atomic E-state index is 0.541. The molecule has 4 aromatic rings. The maximum atomic E-state index is 5.49. The van der Waals surface area contributed by atoms with E-state index in [2.05, 4.69) is 10.3 Å². The number of hydrogen-bond acceptors (Lipinski definition) is 8. The minimum absolute atomic E-state index is 0.541. The van der Waals surface area contributed by atoms with Gasteiger partial charge in [0.2, 0.25) is 11.7 Å². The van der Waals surface area contributed by atoms with Crippen LogP contribution in [0.3, 0.4) is 0 Å². The van der Waals surface area contributed by atoms with E-state index in [1.807, 2.05) is 48.0 Å². The lowest BCUT2D eigenvalue weighted by molar-refractivity contribution is 0.324. The van der Waals surface area contributed by atoms with Crippen molar-refractivity contribution in [1.29, 1.82) is 0 Å². The van der Waals surface area contributed by atoms with Gasteiger partial charge in [-0.25, -0.2) is 4.98 Å². The smallest absolute Gasteiger partial charge is 0.203 e. The van der Waals surface area contributed by atoms with Gasteiger partial charge in [-0.15, -0.1) is 0 Å². The van der Waals surface area contributed by atoms with Crippen molar-refractivity contribution in [3.63, 3.8) is 0 Å². The van der Waals surface area contributed by atoms with E-state index in [-0.39, 0.29) is 0 Å². The van der Waals surface area contributed by atoms with Gasteiger partial charge in [0.25, 0.3) is 0 Å². The van der Waals surface area contributed by atoms with E-state index in [4.69, 9.17) is 28.7 Å². The summed E-state index contributed by atoms with van der Waals surface area (Å²) in [5.74, 6) is 4.07. The zero-order chi connectivity index (χ0) is 24.9. The molecular formula is C26H30N4O5. The van der Waals surface area contributed by atoms with Crippen molar-refractivity contribution in [3.8, 4) is 40.0 Å². The SMILES string of the molecule is COc1ccc(OC)c(CCNc2nc3cnc(-c4cc(OC)c(OC)c(OC)c4)cc3n2C)c1. The summed E-state index contributed by atoms with van der Waals surface area (Å²) in [6.45, 7) is 0.674. The molecule has 0 saturated carbocycles. The molecule has 35 heavy (non-hydrogen) atoms. The Morgan fingerprint density at radius 1 is 0.829 bits per heavy atom. The molecule has 9 heteroatoms. The van der Waals surface area contributed by atoms with E-state index in [1.165, 1.54) is 0 Å². The lowest BCUT2D eigenvalue weighted by atomic mass is 10.1. The summed E-state index contributed by atoms with van der Waals surface area (Å²) >= 11 is 0. The molecule has 0 aliphatic rings. The molecule has 2 aromatic carbocycles. The number of aromatic nitrogens is 3. The number of aryl methyl sites for hydroxylation is 1.